The highest BCUT2D eigenvalue weighted by Gasteiger charge is 2.38. The molecule has 2 aromatic rings. The Kier molecular flexibility index (Phi) is 8.01. The lowest BCUT2D eigenvalue weighted by atomic mass is 10.0. The molecule has 1 aliphatic rings. The number of rotatable bonds is 7. The van der Waals surface area contributed by atoms with Gasteiger partial charge in [0, 0.05) is 50.6 Å². The third-order valence-corrected chi connectivity index (χ3v) is 7.73. The molecule has 0 saturated heterocycles. The summed E-state index contributed by atoms with van der Waals surface area (Å²) in [6.45, 7) is 3.52. The molecule has 3 atom stereocenters. The van der Waals surface area contributed by atoms with Crippen molar-refractivity contribution in [1.82, 2.24) is 19.2 Å². The number of aliphatic hydroxyl groups is 1. The number of hydrogen-bond acceptors (Lipinski definition) is 8. The number of fused-ring (bicyclic) bond motifs is 1. The molecule has 10 nitrogen and oxygen atoms in total. The molecule has 1 aromatic carbocycles. The van der Waals surface area contributed by atoms with Gasteiger partial charge in [0.1, 0.15) is 29.7 Å². The fourth-order valence-electron chi connectivity index (χ4n) is 3.68. The number of methoxy groups -OCH3 is 1. The van der Waals surface area contributed by atoms with Gasteiger partial charge in [-0.15, -0.1) is 0 Å². The summed E-state index contributed by atoms with van der Waals surface area (Å²) in [6.07, 6.45) is 4.17. The Morgan fingerprint density at radius 3 is 2.67 bits per heavy atom. The topological polar surface area (TPSA) is 122 Å². The molecule has 0 unspecified atom stereocenters. The van der Waals surface area contributed by atoms with Crippen LogP contribution in [0, 0.1) is 5.92 Å². The summed E-state index contributed by atoms with van der Waals surface area (Å²) in [6, 6.07) is 4.19. The number of sulfonamides is 1. The molecule has 0 aliphatic carbocycles. The van der Waals surface area contributed by atoms with Crippen molar-refractivity contribution in [2.24, 2.45) is 5.92 Å². The summed E-state index contributed by atoms with van der Waals surface area (Å²) in [5.74, 6) is -0.307. The van der Waals surface area contributed by atoms with E-state index in [0.29, 0.717) is 11.1 Å². The van der Waals surface area contributed by atoms with Gasteiger partial charge in [-0.25, -0.2) is 18.4 Å². The van der Waals surface area contributed by atoms with Crippen LogP contribution in [0.5, 0.6) is 5.75 Å². The highest BCUT2D eigenvalue weighted by Crippen LogP contribution is 2.36. The van der Waals surface area contributed by atoms with Gasteiger partial charge in [-0.2, -0.15) is 4.31 Å². The van der Waals surface area contributed by atoms with Crippen LogP contribution in [-0.4, -0.2) is 91.2 Å². The van der Waals surface area contributed by atoms with Gasteiger partial charge in [-0.3, -0.25) is 4.79 Å². The van der Waals surface area contributed by atoms with Gasteiger partial charge >= 0.3 is 0 Å². The van der Waals surface area contributed by atoms with Crippen molar-refractivity contribution >= 4 is 15.9 Å². The zero-order valence-electron chi connectivity index (χ0n) is 19.2. The predicted molar refractivity (Wildman–Crippen MR) is 121 cm³/mol. The molecular formula is C22H30N4O6S. The van der Waals surface area contributed by atoms with Crippen LogP contribution in [0.15, 0.2) is 41.8 Å². The highest BCUT2D eigenvalue weighted by atomic mass is 32.2. The van der Waals surface area contributed by atoms with Crippen LogP contribution in [0.1, 0.15) is 13.8 Å². The Bertz CT molecular complexity index is 1070. The number of ether oxygens (including phenoxy) is 2. The molecule has 11 heteroatoms. The average Bonchev–Trinajstić information content (AvgIpc) is 2.81. The van der Waals surface area contributed by atoms with Gasteiger partial charge in [0.2, 0.25) is 15.9 Å². The van der Waals surface area contributed by atoms with E-state index < -0.39 is 22.2 Å². The van der Waals surface area contributed by atoms with Crippen LogP contribution >= 0.6 is 0 Å². The highest BCUT2D eigenvalue weighted by molar-refractivity contribution is 7.89. The third kappa shape index (κ3) is 5.49. The fraction of sp³-hybridized carbons (Fsp3) is 0.500. The maximum atomic E-state index is 13.5. The Labute approximate surface area is 194 Å². The normalized spacial score (nSPS) is 21.2. The number of benzene rings is 1. The molecule has 2 heterocycles. The number of hydrogen-bond donors (Lipinski definition) is 1. The van der Waals surface area contributed by atoms with Crippen LogP contribution in [-0.2, 0) is 19.6 Å². The molecule has 1 aliphatic heterocycles. The lowest BCUT2D eigenvalue weighted by Crippen LogP contribution is -2.50. The Morgan fingerprint density at radius 2 is 2.03 bits per heavy atom. The molecule has 1 aromatic heterocycles. The lowest BCUT2D eigenvalue weighted by molar-refractivity contribution is -0.135. The number of carbonyl (C=O) groups excluding carboxylic acids is 1. The molecule has 33 heavy (non-hydrogen) atoms. The van der Waals surface area contributed by atoms with E-state index in [0.717, 1.165) is 0 Å². The summed E-state index contributed by atoms with van der Waals surface area (Å²) in [7, 11) is -0.844. The summed E-state index contributed by atoms with van der Waals surface area (Å²) in [5.41, 5.74) is 1.41. The van der Waals surface area contributed by atoms with Crippen LogP contribution < -0.4 is 4.74 Å². The zero-order chi connectivity index (χ0) is 24.2. The largest absolute Gasteiger partial charge is 0.487 e. The monoisotopic (exact) mass is 478 g/mol. The summed E-state index contributed by atoms with van der Waals surface area (Å²) in [4.78, 5) is 21.8. The summed E-state index contributed by atoms with van der Waals surface area (Å²) < 4.78 is 39.5. The van der Waals surface area contributed by atoms with Crippen molar-refractivity contribution in [3.8, 4) is 16.9 Å². The summed E-state index contributed by atoms with van der Waals surface area (Å²) >= 11 is 0. The van der Waals surface area contributed by atoms with Crippen LogP contribution in [0.4, 0.5) is 0 Å². The standard InChI is InChI=1S/C22H30N4O6S/c1-15-10-26(16(2)12-27)33(29,30)21-6-5-17(18-8-23-14-24-9-18)7-19(21)32-20(15)11-25(3)22(28)13-31-4/h5-9,14-16,20,27H,10-13H2,1-4H3/t15-,16+,20+/m0/s1. The molecular weight excluding hydrogens is 448 g/mol. The van der Waals surface area contributed by atoms with E-state index in [9.17, 15) is 18.3 Å². The minimum Gasteiger partial charge on any atom is -0.487 e. The Balaban J connectivity index is 2.08. The van der Waals surface area contributed by atoms with E-state index in [1.807, 2.05) is 6.92 Å². The zero-order valence-corrected chi connectivity index (χ0v) is 20.0. The van der Waals surface area contributed by atoms with Crippen molar-refractivity contribution in [2.75, 3.05) is 40.5 Å². The van der Waals surface area contributed by atoms with Gasteiger partial charge in [-0.1, -0.05) is 13.0 Å². The van der Waals surface area contributed by atoms with Gasteiger partial charge < -0.3 is 19.5 Å². The SMILES string of the molecule is COCC(=O)N(C)C[C@H]1Oc2cc(-c3cncnc3)ccc2S(=O)(=O)N([C@H](C)CO)C[C@@H]1C. The Morgan fingerprint density at radius 1 is 1.33 bits per heavy atom. The first-order valence-electron chi connectivity index (χ1n) is 10.6. The molecule has 1 amide bonds. The fourth-order valence-corrected chi connectivity index (χ4v) is 5.50. The van der Waals surface area contributed by atoms with Crippen molar-refractivity contribution in [2.45, 2.75) is 30.9 Å². The molecule has 1 N–H and O–H groups in total. The maximum absolute atomic E-state index is 13.5. The first kappa shape index (κ1) is 25.0. The first-order chi connectivity index (χ1) is 15.7. The lowest BCUT2D eigenvalue weighted by Gasteiger charge is -2.37. The summed E-state index contributed by atoms with van der Waals surface area (Å²) in [5, 5.41) is 9.73. The molecule has 0 saturated carbocycles. The van der Waals surface area contributed by atoms with E-state index in [2.05, 4.69) is 9.97 Å². The van der Waals surface area contributed by atoms with Crippen molar-refractivity contribution in [3.63, 3.8) is 0 Å². The first-order valence-corrected chi connectivity index (χ1v) is 12.0. The Hall–Kier alpha value is -2.60. The molecule has 3 rings (SSSR count). The number of nitrogens with zero attached hydrogens (tertiary/aromatic N) is 4. The van der Waals surface area contributed by atoms with Gasteiger partial charge in [0.15, 0.2) is 0 Å². The molecule has 0 fully saturated rings. The van der Waals surface area contributed by atoms with Crippen molar-refractivity contribution < 1.29 is 27.8 Å². The minimum atomic E-state index is -3.95. The predicted octanol–water partition coefficient (Wildman–Crippen LogP) is 1.02. The van der Waals surface area contributed by atoms with Gasteiger partial charge in [0.05, 0.1) is 13.2 Å². The third-order valence-electron chi connectivity index (χ3n) is 5.71. The number of aromatic nitrogens is 2. The molecule has 0 spiro atoms. The van der Waals surface area contributed by atoms with E-state index >= 15 is 0 Å². The molecule has 0 radical (unpaired) electrons. The number of carbonyl (C=O) groups is 1. The maximum Gasteiger partial charge on any atom is 0.248 e. The second kappa shape index (κ2) is 10.6. The van der Waals surface area contributed by atoms with Gasteiger partial charge in [-0.05, 0) is 24.6 Å². The number of amides is 1. The second-order valence-electron chi connectivity index (χ2n) is 8.24. The number of likely N-dealkylation sites (N-methyl/N-ethyl adjacent to an activating group) is 1. The van der Waals surface area contributed by atoms with Crippen LogP contribution in [0.2, 0.25) is 0 Å². The van der Waals surface area contributed by atoms with Crippen molar-refractivity contribution in [1.29, 1.82) is 0 Å². The second-order valence-corrected chi connectivity index (χ2v) is 10.1. The van der Waals surface area contributed by atoms with E-state index in [1.165, 1.54) is 28.7 Å². The van der Waals surface area contributed by atoms with E-state index in [4.69, 9.17) is 9.47 Å². The average molecular weight is 479 g/mol. The minimum absolute atomic E-state index is 0.00571. The quantitative estimate of drug-likeness (QED) is 0.626. The van der Waals surface area contributed by atoms with Crippen molar-refractivity contribution in [3.05, 3.63) is 36.9 Å². The van der Waals surface area contributed by atoms with Gasteiger partial charge in [0.25, 0.3) is 0 Å². The van der Waals surface area contributed by atoms with Crippen LogP contribution in [0.3, 0.4) is 0 Å². The van der Waals surface area contributed by atoms with E-state index in [1.54, 1.807) is 38.5 Å². The molecule has 0 bridgehead atoms. The smallest absolute Gasteiger partial charge is 0.248 e. The number of aliphatic hydroxyl groups excluding tert-OH is 1. The van der Waals surface area contributed by atoms with Crippen LogP contribution in [0.25, 0.3) is 11.1 Å². The van der Waals surface area contributed by atoms with E-state index in [-0.39, 0.29) is 48.8 Å². The molecule has 180 valence electrons.